The van der Waals surface area contributed by atoms with Crippen LogP contribution in [-0.4, -0.2) is 55.2 Å². The van der Waals surface area contributed by atoms with Gasteiger partial charge in [-0.3, -0.25) is 4.99 Å². The van der Waals surface area contributed by atoms with Gasteiger partial charge in [0, 0.05) is 50.3 Å². The summed E-state index contributed by atoms with van der Waals surface area (Å²) in [7, 11) is 1.86. The molecule has 150 valence electrons. The van der Waals surface area contributed by atoms with E-state index in [0.717, 1.165) is 18.5 Å². The monoisotopic (exact) mass is 371 g/mol. The lowest BCUT2D eigenvalue weighted by Gasteiger charge is -2.34. The highest BCUT2D eigenvalue weighted by Crippen LogP contribution is 2.29. The molecule has 1 aliphatic heterocycles. The van der Waals surface area contributed by atoms with Gasteiger partial charge in [-0.2, -0.15) is 0 Å². The second-order valence-corrected chi connectivity index (χ2v) is 8.77. The molecule has 1 saturated carbocycles. The third kappa shape index (κ3) is 6.22. The number of nitrogens with zero attached hydrogens (tertiary/aromatic N) is 2. The van der Waals surface area contributed by atoms with E-state index in [1.807, 2.05) is 7.05 Å². The highest BCUT2D eigenvalue weighted by Gasteiger charge is 2.32. The molecule has 0 radical (unpaired) electrons. The van der Waals surface area contributed by atoms with Crippen molar-refractivity contribution in [3.8, 4) is 0 Å². The molecule has 1 atom stereocenters. The Hall–Kier alpha value is -1.59. The highest BCUT2D eigenvalue weighted by molar-refractivity contribution is 5.80. The Bertz CT molecular complexity index is 600. The maximum atomic E-state index is 4.44. The van der Waals surface area contributed by atoms with Gasteiger partial charge < -0.3 is 20.9 Å². The van der Waals surface area contributed by atoms with Gasteiger partial charge in [0.1, 0.15) is 0 Å². The van der Waals surface area contributed by atoms with Crippen LogP contribution in [0.25, 0.3) is 0 Å². The fourth-order valence-electron chi connectivity index (χ4n) is 4.00. The molecular weight excluding hydrogens is 334 g/mol. The minimum atomic E-state index is -0.0395. The molecule has 0 bridgehead atoms. The van der Waals surface area contributed by atoms with Crippen LogP contribution in [-0.2, 0) is 0 Å². The molecule has 1 aromatic rings. The van der Waals surface area contributed by atoms with E-state index in [2.05, 4.69) is 76.9 Å². The standard InChI is InChI=1S/C22H37N5/c1-17(18-8-6-5-7-9-18)26-22(2,3)16-24-21(23-4)25-19-12-14-27(15-13-19)20-10-11-20/h5-9,17,19-20,26H,10-16H2,1-4H3,(H2,23,24,25). The molecule has 2 fully saturated rings. The number of guanidine groups is 1. The van der Waals surface area contributed by atoms with Gasteiger partial charge >= 0.3 is 0 Å². The molecule has 1 unspecified atom stereocenters. The van der Waals surface area contributed by atoms with Gasteiger partial charge in [0.15, 0.2) is 5.96 Å². The van der Waals surface area contributed by atoms with E-state index in [1.54, 1.807) is 0 Å². The fraction of sp³-hybridized carbons (Fsp3) is 0.682. The van der Waals surface area contributed by atoms with E-state index in [1.165, 1.54) is 44.3 Å². The molecule has 1 aromatic carbocycles. The number of hydrogen-bond acceptors (Lipinski definition) is 3. The maximum absolute atomic E-state index is 4.44. The van der Waals surface area contributed by atoms with Gasteiger partial charge in [-0.05, 0) is 52.0 Å². The number of nitrogens with one attached hydrogen (secondary N) is 3. The van der Waals surface area contributed by atoms with Gasteiger partial charge in [0.25, 0.3) is 0 Å². The summed E-state index contributed by atoms with van der Waals surface area (Å²) in [5.74, 6) is 0.919. The van der Waals surface area contributed by atoms with Crippen molar-refractivity contribution in [2.24, 2.45) is 4.99 Å². The molecule has 27 heavy (non-hydrogen) atoms. The minimum Gasteiger partial charge on any atom is -0.355 e. The molecule has 3 N–H and O–H groups in total. The Labute approximate surface area is 165 Å². The Morgan fingerprint density at radius 3 is 2.41 bits per heavy atom. The van der Waals surface area contributed by atoms with Crippen LogP contribution >= 0.6 is 0 Å². The predicted octanol–water partition coefficient (Wildman–Crippen LogP) is 2.91. The largest absolute Gasteiger partial charge is 0.355 e. The van der Waals surface area contributed by atoms with Gasteiger partial charge in [0.2, 0.25) is 0 Å². The van der Waals surface area contributed by atoms with Gasteiger partial charge in [-0.1, -0.05) is 30.3 Å². The number of likely N-dealkylation sites (tertiary alicyclic amines) is 1. The summed E-state index contributed by atoms with van der Waals surface area (Å²) in [5.41, 5.74) is 1.28. The average molecular weight is 372 g/mol. The van der Waals surface area contributed by atoms with Crippen molar-refractivity contribution in [3.05, 3.63) is 35.9 Å². The van der Waals surface area contributed by atoms with Crippen molar-refractivity contribution < 1.29 is 0 Å². The van der Waals surface area contributed by atoms with Crippen molar-refractivity contribution in [1.29, 1.82) is 0 Å². The molecule has 0 aromatic heterocycles. The van der Waals surface area contributed by atoms with Crippen LogP contribution in [0, 0.1) is 0 Å². The van der Waals surface area contributed by atoms with Gasteiger partial charge in [0.05, 0.1) is 0 Å². The molecule has 1 aliphatic carbocycles. The lowest BCUT2D eigenvalue weighted by molar-refractivity contribution is 0.197. The van der Waals surface area contributed by atoms with Crippen LogP contribution < -0.4 is 16.0 Å². The van der Waals surface area contributed by atoms with Crippen molar-refractivity contribution in [3.63, 3.8) is 0 Å². The number of piperidine rings is 1. The van der Waals surface area contributed by atoms with Crippen molar-refractivity contribution in [1.82, 2.24) is 20.9 Å². The SMILES string of the molecule is CN=C(NCC(C)(C)NC(C)c1ccccc1)NC1CCN(C2CC2)CC1. The zero-order valence-corrected chi connectivity index (χ0v) is 17.5. The summed E-state index contributed by atoms with van der Waals surface area (Å²) in [6, 6.07) is 12.3. The molecule has 3 rings (SSSR count). The lowest BCUT2D eigenvalue weighted by Crippen LogP contribution is -2.54. The summed E-state index contributed by atoms with van der Waals surface area (Å²) in [4.78, 5) is 7.10. The molecule has 5 nitrogen and oxygen atoms in total. The first-order chi connectivity index (χ1) is 13.0. The first-order valence-electron chi connectivity index (χ1n) is 10.5. The van der Waals surface area contributed by atoms with E-state index in [4.69, 9.17) is 0 Å². The number of hydrogen-bond donors (Lipinski definition) is 3. The fourth-order valence-corrected chi connectivity index (χ4v) is 4.00. The van der Waals surface area contributed by atoms with E-state index in [9.17, 15) is 0 Å². The molecule has 1 heterocycles. The third-order valence-corrected chi connectivity index (χ3v) is 5.76. The Balaban J connectivity index is 1.42. The van der Waals surface area contributed by atoms with E-state index < -0.39 is 0 Å². The van der Waals surface area contributed by atoms with Crippen LogP contribution in [0.1, 0.15) is 58.1 Å². The predicted molar refractivity (Wildman–Crippen MR) is 114 cm³/mol. The van der Waals surface area contributed by atoms with Crippen molar-refractivity contribution in [2.45, 2.75) is 70.1 Å². The van der Waals surface area contributed by atoms with E-state index in [-0.39, 0.29) is 5.54 Å². The quantitative estimate of drug-likeness (QED) is 0.510. The maximum Gasteiger partial charge on any atom is 0.191 e. The molecule has 0 amide bonds. The molecule has 0 spiro atoms. The normalized spacial score (nSPS) is 21.1. The topological polar surface area (TPSA) is 51.7 Å². The molecule has 1 saturated heterocycles. The van der Waals surface area contributed by atoms with Crippen LogP contribution in [0.15, 0.2) is 35.3 Å². The van der Waals surface area contributed by atoms with Gasteiger partial charge in [-0.15, -0.1) is 0 Å². The van der Waals surface area contributed by atoms with Crippen molar-refractivity contribution >= 4 is 5.96 Å². The molecule has 2 aliphatic rings. The van der Waals surface area contributed by atoms with Crippen LogP contribution in [0.2, 0.25) is 0 Å². The number of aliphatic imine (C=N–C) groups is 1. The first-order valence-corrected chi connectivity index (χ1v) is 10.5. The van der Waals surface area contributed by atoms with Gasteiger partial charge in [-0.25, -0.2) is 0 Å². The van der Waals surface area contributed by atoms with Crippen LogP contribution in [0.4, 0.5) is 0 Å². The van der Waals surface area contributed by atoms with Crippen LogP contribution in [0.3, 0.4) is 0 Å². The third-order valence-electron chi connectivity index (χ3n) is 5.76. The summed E-state index contributed by atoms with van der Waals surface area (Å²) >= 11 is 0. The van der Waals surface area contributed by atoms with E-state index in [0.29, 0.717) is 12.1 Å². The summed E-state index contributed by atoms with van der Waals surface area (Å²) in [6.07, 6.45) is 5.24. The number of rotatable bonds is 7. The Kier molecular flexibility index (Phi) is 6.77. The second kappa shape index (κ2) is 9.07. The minimum absolute atomic E-state index is 0.0395. The average Bonchev–Trinajstić information content (AvgIpc) is 3.51. The van der Waals surface area contributed by atoms with Crippen molar-refractivity contribution in [2.75, 3.05) is 26.7 Å². The zero-order chi connectivity index (χ0) is 19.3. The smallest absolute Gasteiger partial charge is 0.191 e. The first kappa shape index (κ1) is 20.2. The molecular formula is C22H37N5. The lowest BCUT2D eigenvalue weighted by atomic mass is 10.0. The Morgan fingerprint density at radius 1 is 1.15 bits per heavy atom. The molecule has 5 heteroatoms. The summed E-state index contributed by atoms with van der Waals surface area (Å²) in [6.45, 7) is 9.96. The summed E-state index contributed by atoms with van der Waals surface area (Å²) in [5, 5.41) is 10.9. The summed E-state index contributed by atoms with van der Waals surface area (Å²) < 4.78 is 0. The second-order valence-electron chi connectivity index (χ2n) is 8.77. The number of benzene rings is 1. The van der Waals surface area contributed by atoms with Crippen LogP contribution in [0.5, 0.6) is 0 Å². The Morgan fingerprint density at radius 2 is 1.81 bits per heavy atom. The zero-order valence-electron chi connectivity index (χ0n) is 17.5. The highest BCUT2D eigenvalue weighted by atomic mass is 15.2. The van der Waals surface area contributed by atoms with E-state index >= 15 is 0 Å².